The summed E-state index contributed by atoms with van der Waals surface area (Å²) in [6.45, 7) is 3.05. The van der Waals surface area contributed by atoms with Gasteiger partial charge in [-0.25, -0.2) is 4.98 Å². The van der Waals surface area contributed by atoms with E-state index in [1.807, 2.05) is 77.9 Å². The first-order chi connectivity index (χ1) is 17.2. The van der Waals surface area contributed by atoms with Crippen LogP contribution in [-0.4, -0.2) is 32.5 Å². The molecule has 1 saturated heterocycles. The van der Waals surface area contributed by atoms with Crippen LogP contribution in [0.1, 0.15) is 47.5 Å². The molecule has 1 unspecified atom stereocenters. The van der Waals surface area contributed by atoms with Crippen molar-refractivity contribution in [3.63, 3.8) is 0 Å². The van der Waals surface area contributed by atoms with Crippen molar-refractivity contribution in [2.75, 3.05) is 6.54 Å². The number of likely N-dealkylation sites (tertiary alicyclic amines) is 1. The van der Waals surface area contributed by atoms with Gasteiger partial charge in [-0.05, 0) is 50.0 Å². The Balaban J connectivity index is 1.26. The molecular formula is C27H26N4O3S. The highest BCUT2D eigenvalue weighted by atomic mass is 32.1. The van der Waals surface area contributed by atoms with Crippen molar-refractivity contribution in [3.05, 3.63) is 88.2 Å². The number of hydrogen-bond donors (Lipinski definition) is 0. The van der Waals surface area contributed by atoms with E-state index in [1.54, 1.807) is 17.4 Å². The number of carbonyl (C=O) groups is 1. The van der Waals surface area contributed by atoms with E-state index in [0.717, 1.165) is 46.8 Å². The molecule has 1 aliphatic rings. The van der Waals surface area contributed by atoms with E-state index in [1.165, 1.54) is 0 Å². The van der Waals surface area contributed by atoms with Crippen LogP contribution in [0.3, 0.4) is 0 Å². The second kappa shape index (κ2) is 10.7. The molecule has 0 radical (unpaired) electrons. The van der Waals surface area contributed by atoms with Crippen molar-refractivity contribution in [1.82, 2.24) is 20.0 Å². The van der Waals surface area contributed by atoms with Gasteiger partial charge in [0.1, 0.15) is 18.4 Å². The van der Waals surface area contributed by atoms with E-state index in [-0.39, 0.29) is 11.9 Å². The predicted octanol–water partition coefficient (Wildman–Crippen LogP) is 5.85. The number of aromatic nitrogens is 3. The second-order valence-electron chi connectivity index (χ2n) is 8.42. The topological polar surface area (TPSA) is 81.4 Å². The summed E-state index contributed by atoms with van der Waals surface area (Å²) in [5, 5.41) is 7.16. The molecule has 4 aromatic rings. The summed E-state index contributed by atoms with van der Waals surface area (Å²) < 4.78 is 11.5. The van der Waals surface area contributed by atoms with Crippen LogP contribution in [0, 0.1) is 6.92 Å². The molecule has 0 aliphatic carbocycles. The van der Waals surface area contributed by atoms with Crippen LogP contribution >= 0.6 is 11.3 Å². The maximum absolute atomic E-state index is 13.1. The van der Waals surface area contributed by atoms with Crippen LogP contribution in [-0.2, 0) is 11.4 Å². The molecule has 0 bridgehead atoms. The number of amides is 1. The van der Waals surface area contributed by atoms with Crippen LogP contribution < -0.4 is 4.74 Å². The molecule has 0 spiro atoms. The lowest BCUT2D eigenvalue weighted by Gasteiger charge is -2.32. The zero-order valence-electron chi connectivity index (χ0n) is 19.5. The lowest BCUT2D eigenvalue weighted by Crippen LogP contribution is -2.37. The summed E-state index contributed by atoms with van der Waals surface area (Å²) in [4.78, 5) is 24.0. The molecule has 3 heterocycles. The highest BCUT2D eigenvalue weighted by Crippen LogP contribution is 2.31. The normalized spacial score (nSPS) is 16.0. The number of benzene rings is 2. The number of thiazole rings is 1. The van der Waals surface area contributed by atoms with E-state index >= 15 is 0 Å². The van der Waals surface area contributed by atoms with Gasteiger partial charge in [-0.15, -0.1) is 11.3 Å². The standard InChI is InChI=1S/C27H26N4O3S/c1-19-28-22(18-35-19)17-33-23-11-7-8-20(16-23)13-14-25(32)31-15-6-5-12-24(31)27-29-26(30-34-27)21-9-3-2-4-10-21/h2-4,7-11,13-14,16,18,24H,5-6,12,15,17H2,1H3/b14-13+. The molecule has 8 heteroatoms. The lowest BCUT2D eigenvalue weighted by atomic mass is 10.0. The Labute approximate surface area is 208 Å². The Kier molecular flexibility index (Phi) is 6.99. The fourth-order valence-electron chi connectivity index (χ4n) is 4.13. The third kappa shape index (κ3) is 5.66. The SMILES string of the molecule is Cc1nc(COc2cccc(/C=C/C(=O)N3CCCCC3c3nc(-c4ccccc4)no3)c2)cs1. The molecule has 7 nitrogen and oxygen atoms in total. The van der Waals surface area contributed by atoms with Gasteiger partial charge in [-0.1, -0.05) is 47.6 Å². The smallest absolute Gasteiger partial charge is 0.249 e. The summed E-state index contributed by atoms with van der Waals surface area (Å²) >= 11 is 1.61. The Bertz CT molecular complexity index is 1310. The van der Waals surface area contributed by atoms with Crippen LogP contribution in [0.25, 0.3) is 17.5 Å². The minimum atomic E-state index is -0.220. The van der Waals surface area contributed by atoms with Gasteiger partial charge in [-0.3, -0.25) is 4.79 Å². The van der Waals surface area contributed by atoms with E-state index in [2.05, 4.69) is 15.1 Å². The maximum Gasteiger partial charge on any atom is 0.249 e. The van der Waals surface area contributed by atoms with Gasteiger partial charge in [0, 0.05) is 23.6 Å². The molecule has 1 amide bonds. The minimum Gasteiger partial charge on any atom is -0.487 e. The van der Waals surface area contributed by atoms with Gasteiger partial charge >= 0.3 is 0 Å². The Hall–Kier alpha value is -3.78. The van der Waals surface area contributed by atoms with E-state index in [0.29, 0.717) is 24.9 Å². The first-order valence-corrected chi connectivity index (χ1v) is 12.6. The van der Waals surface area contributed by atoms with Crippen LogP contribution in [0.5, 0.6) is 5.75 Å². The van der Waals surface area contributed by atoms with Gasteiger partial charge in [0.15, 0.2) is 0 Å². The van der Waals surface area contributed by atoms with Crippen LogP contribution in [0.2, 0.25) is 0 Å². The average Bonchev–Trinajstić information content (AvgIpc) is 3.56. The largest absolute Gasteiger partial charge is 0.487 e. The number of carbonyl (C=O) groups excluding carboxylic acids is 1. The van der Waals surface area contributed by atoms with Crippen molar-refractivity contribution in [1.29, 1.82) is 0 Å². The Morgan fingerprint density at radius 1 is 1.17 bits per heavy atom. The van der Waals surface area contributed by atoms with Gasteiger partial charge in [0.25, 0.3) is 0 Å². The number of aryl methyl sites for hydroxylation is 1. The molecular weight excluding hydrogens is 460 g/mol. The second-order valence-corrected chi connectivity index (χ2v) is 9.48. The first kappa shape index (κ1) is 23.0. The summed E-state index contributed by atoms with van der Waals surface area (Å²) in [6, 6.07) is 17.2. The molecule has 1 atom stereocenters. The van der Waals surface area contributed by atoms with Crippen molar-refractivity contribution < 1.29 is 14.1 Å². The number of piperidine rings is 1. The number of rotatable bonds is 7. The summed E-state index contributed by atoms with van der Waals surface area (Å²) in [5.41, 5.74) is 2.70. The molecule has 1 fully saturated rings. The fraction of sp³-hybridized carbons (Fsp3) is 0.259. The third-order valence-corrected chi connectivity index (χ3v) is 6.70. The van der Waals surface area contributed by atoms with Gasteiger partial charge in [0.05, 0.1) is 10.7 Å². The highest BCUT2D eigenvalue weighted by Gasteiger charge is 2.31. The van der Waals surface area contributed by atoms with E-state index in [9.17, 15) is 4.79 Å². The monoisotopic (exact) mass is 486 g/mol. The molecule has 178 valence electrons. The van der Waals surface area contributed by atoms with E-state index < -0.39 is 0 Å². The first-order valence-electron chi connectivity index (χ1n) is 11.7. The molecule has 2 aromatic heterocycles. The zero-order valence-corrected chi connectivity index (χ0v) is 20.3. The van der Waals surface area contributed by atoms with Crippen molar-refractivity contribution >= 4 is 23.3 Å². The third-order valence-electron chi connectivity index (χ3n) is 5.87. The van der Waals surface area contributed by atoms with Gasteiger partial charge < -0.3 is 14.2 Å². The Morgan fingerprint density at radius 2 is 2.06 bits per heavy atom. The van der Waals surface area contributed by atoms with Crippen LogP contribution in [0.4, 0.5) is 0 Å². The fourth-order valence-corrected chi connectivity index (χ4v) is 4.73. The number of nitrogens with zero attached hydrogens (tertiary/aromatic N) is 4. The molecule has 5 rings (SSSR count). The number of hydrogen-bond acceptors (Lipinski definition) is 7. The van der Waals surface area contributed by atoms with Gasteiger partial charge in [0.2, 0.25) is 17.6 Å². The Morgan fingerprint density at radius 3 is 2.89 bits per heavy atom. The highest BCUT2D eigenvalue weighted by molar-refractivity contribution is 7.09. The molecule has 1 aliphatic heterocycles. The number of ether oxygens (including phenoxy) is 1. The lowest BCUT2D eigenvalue weighted by molar-refractivity contribution is -0.130. The molecule has 35 heavy (non-hydrogen) atoms. The summed E-state index contributed by atoms with van der Waals surface area (Å²) in [7, 11) is 0. The zero-order chi connectivity index (χ0) is 24.0. The van der Waals surface area contributed by atoms with Crippen LogP contribution in [0.15, 0.2) is 70.6 Å². The van der Waals surface area contributed by atoms with E-state index in [4.69, 9.17) is 9.26 Å². The quantitative estimate of drug-likeness (QED) is 0.305. The molecule has 0 saturated carbocycles. The maximum atomic E-state index is 13.1. The predicted molar refractivity (Wildman–Crippen MR) is 135 cm³/mol. The van der Waals surface area contributed by atoms with Gasteiger partial charge in [-0.2, -0.15) is 4.98 Å². The average molecular weight is 487 g/mol. The summed E-state index contributed by atoms with van der Waals surface area (Å²) in [5.74, 6) is 1.69. The minimum absolute atomic E-state index is 0.0709. The van der Waals surface area contributed by atoms with Crippen molar-refractivity contribution in [2.45, 2.75) is 38.8 Å². The van der Waals surface area contributed by atoms with Crippen molar-refractivity contribution in [2.24, 2.45) is 0 Å². The van der Waals surface area contributed by atoms with Crippen molar-refractivity contribution in [3.8, 4) is 17.1 Å². The summed E-state index contributed by atoms with van der Waals surface area (Å²) in [6.07, 6.45) is 6.19. The molecule has 0 N–H and O–H groups in total. The molecule has 2 aromatic carbocycles.